The Morgan fingerprint density at radius 3 is 2.69 bits per heavy atom. The second-order valence-electron chi connectivity index (χ2n) is 4.62. The third-order valence-electron chi connectivity index (χ3n) is 2.78. The van der Waals surface area contributed by atoms with Crippen LogP contribution in [-0.4, -0.2) is 35.9 Å². The van der Waals surface area contributed by atoms with E-state index in [1.54, 1.807) is 6.92 Å². The molecule has 4 heteroatoms. The van der Waals surface area contributed by atoms with Crippen LogP contribution < -0.4 is 0 Å². The van der Waals surface area contributed by atoms with E-state index in [1.165, 1.54) is 0 Å². The van der Waals surface area contributed by atoms with Crippen molar-refractivity contribution in [3.05, 3.63) is 12.2 Å². The van der Waals surface area contributed by atoms with Gasteiger partial charge in [0.05, 0.1) is 12.2 Å². The molecule has 1 rings (SSSR count). The molecule has 0 aromatic rings. The first-order valence-corrected chi connectivity index (χ1v) is 5.51. The molecule has 0 aliphatic carbocycles. The Morgan fingerprint density at radius 2 is 2.25 bits per heavy atom. The van der Waals surface area contributed by atoms with E-state index in [2.05, 4.69) is 6.58 Å². The summed E-state index contributed by atoms with van der Waals surface area (Å²) in [4.78, 5) is 9.32. The quantitative estimate of drug-likeness (QED) is 0.420. The molecule has 1 fully saturated rings. The van der Waals surface area contributed by atoms with Crippen LogP contribution in [0.5, 0.6) is 0 Å². The second-order valence-corrected chi connectivity index (χ2v) is 4.62. The van der Waals surface area contributed by atoms with Crippen LogP contribution in [0.15, 0.2) is 12.2 Å². The highest BCUT2D eigenvalue weighted by Gasteiger charge is 2.41. The molecule has 1 aliphatic rings. The maximum Gasteiger partial charge on any atom is 0.512 e. The van der Waals surface area contributed by atoms with Gasteiger partial charge in [-0.3, -0.25) is 0 Å². The maximum atomic E-state index is 9.32. The van der Waals surface area contributed by atoms with Crippen molar-refractivity contribution in [1.82, 2.24) is 0 Å². The van der Waals surface area contributed by atoms with Crippen molar-refractivity contribution in [3.8, 4) is 0 Å². The van der Waals surface area contributed by atoms with Crippen molar-refractivity contribution in [2.75, 3.05) is 13.2 Å². The van der Waals surface area contributed by atoms with E-state index in [9.17, 15) is 4.79 Å². The monoisotopic (exact) mass is 229 g/mol. The molecule has 1 N–H and O–H groups in total. The molecule has 2 unspecified atom stereocenters. The van der Waals surface area contributed by atoms with Gasteiger partial charge in [-0.05, 0) is 13.8 Å². The number of hydrogen-bond acceptors (Lipinski definition) is 3. The molecule has 1 aliphatic heterocycles. The molecule has 0 radical (unpaired) electrons. The number of ether oxygens (including phenoxy) is 3. The zero-order valence-electron chi connectivity index (χ0n) is 10.4. The van der Waals surface area contributed by atoms with Gasteiger partial charge < -0.3 is 19.0 Å². The summed E-state index contributed by atoms with van der Waals surface area (Å²) >= 11 is 0. The number of esters is 1. The van der Waals surface area contributed by atoms with Gasteiger partial charge in [-0.2, -0.15) is 0 Å². The fourth-order valence-corrected chi connectivity index (χ4v) is 1.34. The van der Waals surface area contributed by atoms with E-state index in [-0.39, 0.29) is 24.6 Å². The molecule has 4 nitrogen and oxygen atoms in total. The molecular formula is C12H21O4+. The summed E-state index contributed by atoms with van der Waals surface area (Å²) in [6, 6.07) is 0. The third-order valence-corrected chi connectivity index (χ3v) is 2.78. The highest BCUT2D eigenvalue weighted by molar-refractivity contribution is 5.87. The maximum absolute atomic E-state index is 9.32. The van der Waals surface area contributed by atoms with E-state index in [0.29, 0.717) is 12.2 Å². The van der Waals surface area contributed by atoms with E-state index >= 15 is 0 Å². The van der Waals surface area contributed by atoms with Gasteiger partial charge >= 0.3 is 5.97 Å². The van der Waals surface area contributed by atoms with Crippen LogP contribution >= 0.6 is 0 Å². The van der Waals surface area contributed by atoms with Crippen LogP contribution in [0.4, 0.5) is 0 Å². The lowest BCUT2D eigenvalue weighted by molar-refractivity contribution is -0.185. The van der Waals surface area contributed by atoms with Crippen molar-refractivity contribution in [2.24, 2.45) is 5.92 Å². The Kier molecular flexibility index (Phi) is 4.10. The molecule has 0 saturated carbocycles. The Labute approximate surface area is 96.6 Å². The van der Waals surface area contributed by atoms with Crippen LogP contribution in [0.2, 0.25) is 0 Å². The second kappa shape index (κ2) is 4.97. The minimum absolute atomic E-state index is 0.137. The van der Waals surface area contributed by atoms with Crippen molar-refractivity contribution < 1.29 is 19.0 Å². The van der Waals surface area contributed by atoms with Crippen molar-refractivity contribution in [2.45, 2.75) is 39.6 Å². The number of carbonyl (C=O) groups excluding carboxylic acids is 1. The normalized spacial score (nSPS) is 29.4. The van der Waals surface area contributed by atoms with E-state index in [0.717, 1.165) is 0 Å². The molecule has 0 aromatic carbocycles. The first kappa shape index (κ1) is 13.2. The molecule has 0 aromatic heterocycles. The standard InChI is InChI=1S/C12H20O4/c1-8(2)11(13)14-6-10-7-15-12(5,16-10)9(3)4/h9-10H,1,6-7H2,2-5H3/p+1. The van der Waals surface area contributed by atoms with Crippen LogP contribution in [-0.2, 0) is 14.2 Å². The average molecular weight is 229 g/mol. The smallest absolute Gasteiger partial charge is 0.347 e. The van der Waals surface area contributed by atoms with Crippen molar-refractivity contribution in [3.63, 3.8) is 0 Å². The molecular weight excluding hydrogens is 208 g/mol. The molecule has 0 spiro atoms. The largest absolute Gasteiger partial charge is 0.512 e. The molecule has 0 bridgehead atoms. The summed E-state index contributed by atoms with van der Waals surface area (Å²) in [5.74, 6) is -0.412. The summed E-state index contributed by atoms with van der Waals surface area (Å²) in [5.41, 5.74) is 0.505. The first-order chi connectivity index (χ1) is 7.35. The Hall–Kier alpha value is -0.870. The van der Waals surface area contributed by atoms with Gasteiger partial charge in [0.15, 0.2) is 5.79 Å². The third kappa shape index (κ3) is 3.06. The molecule has 0 amide bonds. The van der Waals surface area contributed by atoms with Gasteiger partial charge in [0.1, 0.15) is 6.10 Å². The van der Waals surface area contributed by atoms with Crippen LogP contribution in [0, 0.1) is 5.92 Å². The van der Waals surface area contributed by atoms with E-state index < -0.39 is 5.79 Å². The number of hydrogen-bond donors (Lipinski definition) is 0. The summed E-state index contributed by atoms with van der Waals surface area (Å²) in [6.45, 7) is 12.0. The predicted molar refractivity (Wildman–Crippen MR) is 61.8 cm³/mol. The summed E-state index contributed by atoms with van der Waals surface area (Å²) in [6.07, 6.45) is -0.145. The first-order valence-electron chi connectivity index (χ1n) is 5.51. The van der Waals surface area contributed by atoms with Gasteiger partial charge in [0.25, 0.3) is 0 Å². The molecule has 1 heterocycles. The van der Waals surface area contributed by atoms with Gasteiger partial charge in [-0.15, -0.1) is 0 Å². The van der Waals surface area contributed by atoms with Gasteiger partial charge in [0.2, 0.25) is 6.61 Å². The minimum atomic E-state index is -0.549. The fraction of sp³-hybridized carbons (Fsp3) is 0.750. The SMILES string of the molecule is C=C(C)C(=[OH+])OCC1COC(C)(C(C)C)O1. The van der Waals surface area contributed by atoms with Gasteiger partial charge in [-0.25, -0.2) is 0 Å². The summed E-state index contributed by atoms with van der Waals surface area (Å²) in [5, 5.41) is 0. The zero-order valence-corrected chi connectivity index (χ0v) is 10.4. The fourth-order valence-electron chi connectivity index (χ4n) is 1.34. The Bertz CT molecular complexity index is 285. The summed E-state index contributed by atoms with van der Waals surface area (Å²) in [7, 11) is 0. The average Bonchev–Trinajstić information content (AvgIpc) is 2.58. The molecule has 92 valence electrons. The zero-order chi connectivity index (χ0) is 12.3. The summed E-state index contributed by atoms with van der Waals surface area (Å²) < 4.78 is 16.5. The number of rotatable bonds is 4. The minimum Gasteiger partial charge on any atom is -0.347 e. The molecule has 16 heavy (non-hydrogen) atoms. The van der Waals surface area contributed by atoms with Crippen LogP contribution in [0.25, 0.3) is 0 Å². The predicted octanol–water partition coefficient (Wildman–Crippen LogP) is 1.87. The Balaban J connectivity index is 2.38. The van der Waals surface area contributed by atoms with Gasteiger partial charge in [0, 0.05) is 5.92 Å². The highest BCUT2D eigenvalue weighted by Crippen LogP contribution is 2.30. The topological polar surface area (TPSA) is 49.1 Å². The highest BCUT2D eigenvalue weighted by atomic mass is 16.8. The van der Waals surface area contributed by atoms with Crippen LogP contribution in [0.1, 0.15) is 27.7 Å². The van der Waals surface area contributed by atoms with Crippen molar-refractivity contribution >= 4 is 5.97 Å². The van der Waals surface area contributed by atoms with Crippen molar-refractivity contribution in [1.29, 1.82) is 0 Å². The molecule has 1 saturated heterocycles. The van der Waals surface area contributed by atoms with Crippen LogP contribution in [0.3, 0.4) is 0 Å². The Morgan fingerprint density at radius 1 is 1.62 bits per heavy atom. The van der Waals surface area contributed by atoms with E-state index in [4.69, 9.17) is 14.2 Å². The molecule has 2 atom stereocenters. The lowest BCUT2D eigenvalue weighted by Crippen LogP contribution is -2.34. The lowest BCUT2D eigenvalue weighted by Gasteiger charge is -2.26. The lowest BCUT2D eigenvalue weighted by atomic mass is 10.1. The van der Waals surface area contributed by atoms with Gasteiger partial charge in [-0.1, -0.05) is 20.4 Å². The van der Waals surface area contributed by atoms with E-state index in [1.807, 2.05) is 20.8 Å².